The van der Waals surface area contributed by atoms with Crippen molar-refractivity contribution in [2.75, 3.05) is 4.90 Å². The maximum absolute atomic E-state index is 2.36. The molecule has 1 heteroatoms. The number of rotatable bonds is 7. The fraction of sp³-hybridized carbons (Fsp3) is 0.0303. The van der Waals surface area contributed by atoms with Crippen molar-refractivity contribution < 1.29 is 0 Å². The molecule has 5 aromatic carbocycles. The van der Waals surface area contributed by atoms with Crippen LogP contribution in [0.2, 0.25) is 0 Å². The van der Waals surface area contributed by atoms with Gasteiger partial charge < -0.3 is 4.90 Å². The highest BCUT2D eigenvalue weighted by atomic mass is 15.1. The molecule has 0 saturated heterocycles. The zero-order valence-corrected chi connectivity index (χ0v) is 19.1. The van der Waals surface area contributed by atoms with Crippen molar-refractivity contribution in [1.82, 2.24) is 0 Å². The van der Waals surface area contributed by atoms with Crippen LogP contribution >= 0.6 is 0 Å². The molecule has 0 spiro atoms. The summed E-state index contributed by atoms with van der Waals surface area (Å²) in [5.74, 6) is 0. The normalized spacial score (nSPS) is 10.5. The molecule has 1 nitrogen and oxygen atoms in total. The molecule has 0 unspecified atom stereocenters. The summed E-state index contributed by atoms with van der Waals surface area (Å²) in [5.41, 5.74) is 8.47. The van der Waals surface area contributed by atoms with Gasteiger partial charge in [-0.3, -0.25) is 0 Å². The number of hydrogen-bond acceptors (Lipinski definition) is 1. The first-order valence-corrected chi connectivity index (χ1v) is 11.7. The van der Waals surface area contributed by atoms with Gasteiger partial charge in [0.05, 0.1) is 0 Å². The quantitative estimate of drug-likeness (QED) is 0.230. The number of anilines is 2. The summed E-state index contributed by atoms with van der Waals surface area (Å²) in [6, 6.07) is 51.2. The molecule has 164 valence electrons. The summed E-state index contributed by atoms with van der Waals surface area (Å²) in [7, 11) is 0. The second kappa shape index (κ2) is 10.5. The Morgan fingerprint density at radius 1 is 0.471 bits per heavy atom. The number of hydrogen-bond donors (Lipinski definition) is 0. The van der Waals surface area contributed by atoms with E-state index in [2.05, 4.69) is 157 Å². The van der Waals surface area contributed by atoms with Crippen molar-refractivity contribution in [2.24, 2.45) is 0 Å². The van der Waals surface area contributed by atoms with E-state index in [1.807, 2.05) is 0 Å². The summed E-state index contributed by atoms with van der Waals surface area (Å²) in [6.45, 7) is 0.819. The minimum absolute atomic E-state index is 0.819. The Balaban J connectivity index is 1.50. The summed E-state index contributed by atoms with van der Waals surface area (Å²) in [4.78, 5) is 2.36. The van der Waals surface area contributed by atoms with E-state index in [1.165, 1.54) is 39.2 Å². The van der Waals surface area contributed by atoms with Crippen molar-refractivity contribution in [3.8, 4) is 0 Å². The summed E-state index contributed by atoms with van der Waals surface area (Å²) < 4.78 is 0. The molecule has 0 atom stereocenters. The molecule has 5 aromatic rings. The van der Waals surface area contributed by atoms with E-state index in [4.69, 9.17) is 0 Å². The lowest BCUT2D eigenvalue weighted by Crippen LogP contribution is -2.16. The van der Waals surface area contributed by atoms with Gasteiger partial charge in [0.2, 0.25) is 0 Å². The SMILES string of the molecule is C(=C(c1ccccc1)c1ccccc1)c1ccc(N(Cc2ccccc2)c2ccccc2)cc1. The first-order valence-electron chi connectivity index (χ1n) is 11.7. The molecule has 0 amide bonds. The number of para-hydroxylation sites is 1. The van der Waals surface area contributed by atoms with Crippen molar-refractivity contribution >= 4 is 23.0 Å². The monoisotopic (exact) mass is 437 g/mol. The van der Waals surface area contributed by atoms with Crippen LogP contribution in [0.3, 0.4) is 0 Å². The van der Waals surface area contributed by atoms with Crippen LogP contribution < -0.4 is 4.90 Å². The Kier molecular flexibility index (Phi) is 6.64. The maximum Gasteiger partial charge on any atom is 0.0481 e. The molecule has 0 aromatic heterocycles. The number of nitrogens with zero attached hydrogens (tertiary/aromatic N) is 1. The molecule has 0 N–H and O–H groups in total. The maximum atomic E-state index is 2.36. The third-order valence-electron chi connectivity index (χ3n) is 5.94. The van der Waals surface area contributed by atoms with Gasteiger partial charge in [-0.05, 0) is 58.2 Å². The average Bonchev–Trinajstić information content (AvgIpc) is 2.93. The zero-order chi connectivity index (χ0) is 23.0. The topological polar surface area (TPSA) is 3.24 Å². The van der Waals surface area contributed by atoms with Crippen molar-refractivity contribution in [1.29, 1.82) is 0 Å². The third kappa shape index (κ3) is 5.16. The predicted molar refractivity (Wildman–Crippen MR) is 145 cm³/mol. The van der Waals surface area contributed by atoms with Crippen LogP contribution in [0.15, 0.2) is 146 Å². The van der Waals surface area contributed by atoms with Gasteiger partial charge >= 0.3 is 0 Å². The standard InChI is InChI=1S/C33H27N/c1-5-13-28(14-6-1)26-34(31-19-11-4-12-20-31)32-23-21-27(22-24-32)25-33(29-15-7-2-8-16-29)30-17-9-3-10-18-30/h1-25H,26H2. The minimum Gasteiger partial charge on any atom is -0.337 e. The fourth-order valence-corrected chi connectivity index (χ4v) is 4.19. The lowest BCUT2D eigenvalue weighted by atomic mass is 9.95. The van der Waals surface area contributed by atoms with Gasteiger partial charge in [-0.1, -0.05) is 121 Å². The van der Waals surface area contributed by atoms with E-state index in [1.54, 1.807) is 0 Å². The Morgan fingerprint density at radius 2 is 0.912 bits per heavy atom. The Bertz CT molecular complexity index is 1280. The lowest BCUT2D eigenvalue weighted by Gasteiger charge is -2.25. The first kappa shape index (κ1) is 21.5. The van der Waals surface area contributed by atoms with Crippen LogP contribution in [-0.2, 0) is 6.54 Å². The van der Waals surface area contributed by atoms with Crippen molar-refractivity contribution in [3.63, 3.8) is 0 Å². The Hall–Kier alpha value is -4.36. The first-order chi connectivity index (χ1) is 16.9. The van der Waals surface area contributed by atoms with Gasteiger partial charge in [0.15, 0.2) is 0 Å². The van der Waals surface area contributed by atoms with Crippen LogP contribution in [0, 0.1) is 0 Å². The highest BCUT2D eigenvalue weighted by Gasteiger charge is 2.11. The molecule has 0 aliphatic rings. The highest BCUT2D eigenvalue weighted by Crippen LogP contribution is 2.30. The van der Waals surface area contributed by atoms with Crippen LogP contribution in [0.25, 0.3) is 11.6 Å². The molecule has 0 saturated carbocycles. The second-order valence-corrected chi connectivity index (χ2v) is 8.29. The molecule has 0 radical (unpaired) electrons. The summed E-state index contributed by atoms with van der Waals surface area (Å²) in [5, 5.41) is 0. The van der Waals surface area contributed by atoms with Crippen LogP contribution in [0.1, 0.15) is 22.3 Å². The molecular formula is C33H27N. The van der Waals surface area contributed by atoms with E-state index in [-0.39, 0.29) is 0 Å². The van der Waals surface area contributed by atoms with Gasteiger partial charge in [-0.15, -0.1) is 0 Å². The highest BCUT2D eigenvalue weighted by molar-refractivity contribution is 5.91. The van der Waals surface area contributed by atoms with E-state index in [0.29, 0.717) is 0 Å². The van der Waals surface area contributed by atoms with Gasteiger partial charge in [0, 0.05) is 17.9 Å². The second-order valence-electron chi connectivity index (χ2n) is 8.29. The van der Waals surface area contributed by atoms with Gasteiger partial charge in [-0.2, -0.15) is 0 Å². The molecule has 0 bridgehead atoms. The molecule has 0 aliphatic heterocycles. The largest absolute Gasteiger partial charge is 0.337 e. The lowest BCUT2D eigenvalue weighted by molar-refractivity contribution is 0.975. The van der Waals surface area contributed by atoms with E-state index in [9.17, 15) is 0 Å². The van der Waals surface area contributed by atoms with E-state index < -0.39 is 0 Å². The van der Waals surface area contributed by atoms with Gasteiger partial charge in [0.25, 0.3) is 0 Å². The van der Waals surface area contributed by atoms with E-state index in [0.717, 1.165) is 6.54 Å². The number of benzene rings is 5. The molecule has 34 heavy (non-hydrogen) atoms. The zero-order valence-electron chi connectivity index (χ0n) is 19.1. The summed E-state index contributed by atoms with van der Waals surface area (Å²) in [6.07, 6.45) is 2.28. The predicted octanol–water partition coefficient (Wildman–Crippen LogP) is 8.61. The van der Waals surface area contributed by atoms with Crippen LogP contribution in [0.4, 0.5) is 11.4 Å². The van der Waals surface area contributed by atoms with Gasteiger partial charge in [-0.25, -0.2) is 0 Å². The summed E-state index contributed by atoms with van der Waals surface area (Å²) >= 11 is 0. The molecule has 0 aliphatic carbocycles. The minimum atomic E-state index is 0.819. The molecule has 0 heterocycles. The van der Waals surface area contributed by atoms with Crippen molar-refractivity contribution in [2.45, 2.75) is 6.54 Å². The van der Waals surface area contributed by atoms with E-state index >= 15 is 0 Å². The van der Waals surface area contributed by atoms with Crippen molar-refractivity contribution in [3.05, 3.63) is 168 Å². The molecule has 0 fully saturated rings. The Morgan fingerprint density at radius 3 is 1.44 bits per heavy atom. The Labute approximate surface area is 202 Å². The smallest absolute Gasteiger partial charge is 0.0481 e. The van der Waals surface area contributed by atoms with Crippen LogP contribution in [-0.4, -0.2) is 0 Å². The van der Waals surface area contributed by atoms with Crippen LogP contribution in [0.5, 0.6) is 0 Å². The fourth-order valence-electron chi connectivity index (χ4n) is 4.19. The average molecular weight is 438 g/mol. The molecule has 5 rings (SSSR count). The molecular weight excluding hydrogens is 410 g/mol. The third-order valence-corrected chi connectivity index (χ3v) is 5.94. The van der Waals surface area contributed by atoms with Gasteiger partial charge in [0.1, 0.15) is 0 Å².